The van der Waals surface area contributed by atoms with Crippen molar-refractivity contribution < 1.29 is 4.79 Å². The Bertz CT molecular complexity index is 643. The second-order valence-corrected chi connectivity index (χ2v) is 6.31. The van der Waals surface area contributed by atoms with Gasteiger partial charge in [0.1, 0.15) is 0 Å². The smallest absolute Gasteiger partial charge is 0.169 e. The van der Waals surface area contributed by atoms with E-state index >= 15 is 0 Å². The zero-order valence-electron chi connectivity index (χ0n) is 9.79. The average Bonchev–Trinajstić information content (AvgIpc) is 2.35. The van der Waals surface area contributed by atoms with Crippen LogP contribution in [-0.4, -0.2) is 5.78 Å². The van der Waals surface area contributed by atoms with E-state index in [1.54, 1.807) is 24.3 Å². The van der Waals surface area contributed by atoms with E-state index in [0.29, 0.717) is 16.3 Å². The van der Waals surface area contributed by atoms with Crippen molar-refractivity contribution in [2.45, 2.75) is 6.42 Å². The van der Waals surface area contributed by atoms with Crippen LogP contribution >= 0.6 is 43.5 Å². The maximum Gasteiger partial charge on any atom is 0.169 e. The highest BCUT2D eigenvalue weighted by molar-refractivity contribution is 9.10. The van der Waals surface area contributed by atoms with Crippen molar-refractivity contribution in [1.29, 1.82) is 0 Å². The van der Waals surface area contributed by atoms with Gasteiger partial charge in [-0.15, -0.1) is 0 Å². The molecule has 2 N–H and O–H groups in total. The fraction of sp³-hybridized carbons (Fsp3) is 0.0714. The van der Waals surface area contributed by atoms with Crippen molar-refractivity contribution >= 4 is 54.9 Å². The summed E-state index contributed by atoms with van der Waals surface area (Å²) in [7, 11) is 0. The quantitative estimate of drug-likeness (QED) is 0.587. The normalized spacial score (nSPS) is 10.5. The van der Waals surface area contributed by atoms with Gasteiger partial charge in [0.2, 0.25) is 0 Å². The number of nitrogen functional groups attached to an aromatic ring is 1. The Morgan fingerprint density at radius 1 is 1.11 bits per heavy atom. The molecule has 0 aromatic heterocycles. The van der Waals surface area contributed by atoms with Crippen molar-refractivity contribution in [3.8, 4) is 0 Å². The number of hydrogen-bond acceptors (Lipinski definition) is 2. The number of Topliss-reactive ketones (excluding diaryl/α,β-unsaturated/α-hetero) is 1. The van der Waals surface area contributed by atoms with Crippen molar-refractivity contribution in [1.82, 2.24) is 0 Å². The van der Waals surface area contributed by atoms with Gasteiger partial charge in [-0.25, -0.2) is 0 Å². The van der Waals surface area contributed by atoms with Gasteiger partial charge >= 0.3 is 0 Å². The molecule has 0 atom stereocenters. The standard InChI is InChI=1S/C14H10Br2ClNO/c15-9-3-4-13(18)11(6-9)14(19)5-8-1-2-10(16)7-12(8)17/h1-4,6-7H,5,18H2. The summed E-state index contributed by atoms with van der Waals surface area (Å²) in [6.45, 7) is 0. The van der Waals surface area contributed by atoms with Crippen LogP contribution in [0.4, 0.5) is 5.69 Å². The minimum Gasteiger partial charge on any atom is -0.398 e. The second kappa shape index (κ2) is 6.07. The lowest BCUT2D eigenvalue weighted by molar-refractivity contribution is 0.0994. The van der Waals surface area contributed by atoms with E-state index in [2.05, 4.69) is 31.9 Å². The molecule has 0 saturated carbocycles. The molecule has 0 bridgehead atoms. The summed E-state index contributed by atoms with van der Waals surface area (Å²) in [5, 5.41) is 0.566. The first-order valence-electron chi connectivity index (χ1n) is 5.49. The molecule has 0 spiro atoms. The van der Waals surface area contributed by atoms with Gasteiger partial charge in [-0.05, 0) is 35.9 Å². The third-order valence-electron chi connectivity index (χ3n) is 2.68. The van der Waals surface area contributed by atoms with Crippen molar-refractivity contribution in [3.05, 3.63) is 61.5 Å². The maximum absolute atomic E-state index is 12.3. The van der Waals surface area contributed by atoms with Crippen LogP contribution in [0.1, 0.15) is 15.9 Å². The van der Waals surface area contributed by atoms with Crippen molar-refractivity contribution in [2.24, 2.45) is 0 Å². The number of benzene rings is 2. The topological polar surface area (TPSA) is 43.1 Å². The summed E-state index contributed by atoms with van der Waals surface area (Å²) in [6.07, 6.45) is 0.229. The molecular formula is C14H10Br2ClNO. The van der Waals surface area contributed by atoms with Gasteiger partial charge in [-0.2, -0.15) is 0 Å². The molecule has 0 aliphatic heterocycles. The summed E-state index contributed by atoms with van der Waals surface area (Å²) < 4.78 is 1.71. The molecule has 2 aromatic carbocycles. The van der Waals surface area contributed by atoms with E-state index in [1.165, 1.54) is 0 Å². The molecule has 0 saturated heterocycles. The molecule has 0 aliphatic carbocycles. The minimum absolute atomic E-state index is 0.0528. The Labute approximate surface area is 133 Å². The Balaban J connectivity index is 2.28. The van der Waals surface area contributed by atoms with Gasteiger partial charge in [0.05, 0.1) is 0 Å². The predicted octanol–water partition coefficient (Wildman–Crippen LogP) is 4.87. The fourth-order valence-electron chi connectivity index (χ4n) is 1.70. The van der Waals surface area contributed by atoms with Crippen LogP contribution < -0.4 is 5.73 Å². The predicted molar refractivity (Wildman–Crippen MR) is 85.7 cm³/mol. The number of hydrogen-bond donors (Lipinski definition) is 1. The molecule has 2 rings (SSSR count). The van der Waals surface area contributed by atoms with E-state index < -0.39 is 0 Å². The summed E-state index contributed by atoms with van der Waals surface area (Å²) in [5.41, 5.74) is 7.59. The third-order valence-corrected chi connectivity index (χ3v) is 4.02. The zero-order chi connectivity index (χ0) is 14.0. The lowest BCUT2D eigenvalue weighted by Gasteiger charge is -2.07. The molecule has 0 heterocycles. The van der Waals surface area contributed by atoms with Crippen LogP contribution in [0.25, 0.3) is 0 Å². The monoisotopic (exact) mass is 401 g/mol. The molecule has 0 aliphatic rings. The number of carbonyl (C=O) groups is 1. The lowest BCUT2D eigenvalue weighted by atomic mass is 10.0. The highest BCUT2D eigenvalue weighted by Gasteiger charge is 2.13. The molecule has 0 unspecified atom stereocenters. The second-order valence-electron chi connectivity index (χ2n) is 4.07. The molecule has 0 amide bonds. The molecule has 0 radical (unpaired) electrons. The van der Waals surface area contributed by atoms with Crippen LogP contribution in [0, 0.1) is 0 Å². The van der Waals surface area contributed by atoms with Gasteiger partial charge in [-0.1, -0.05) is 49.5 Å². The highest BCUT2D eigenvalue weighted by Crippen LogP contribution is 2.25. The fourth-order valence-corrected chi connectivity index (χ4v) is 2.80. The molecule has 19 heavy (non-hydrogen) atoms. The lowest BCUT2D eigenvalue weighted by Crippen LogP contribution is -2.07. The Hall–Kier alpha value is -0.840. The van der Waals surface area contributed by atoms with Crippen molar-refractivity contribution in [3.63, 3.8) is 0 Å². The van der Waals surface area contributed by atoms with Gasteiger partial charge in [-0.3, -0.25) is 4.79 Å². The highest BCUT2D eigenvalue weighted by atomic mass is 79.9. The molecule has 98 valence electrons. The summed E-state index contributed by atoms with van der Waals surface area (Å²) in [6, 6.07) is 10.7. The molecule has 5 heteroatoms. The van der Waals surface area contributed by atoms with E-state index in [4.69, 9.17) is 17.3 Å². The number of carbonyl (C=O) groups excluding carboxylic acids is 1. The Morgan fingerprint density at radius 2 is 1.74 bits per heavy atom. The summed E-state index contributed by atoms with van der Waals surface area (Å²) >= 11 is 12.8. The van der Waals surface area contributed by atoms with Crippen LogP contribution in [0.15, 0.2) is 45.3 Å². The molecular weight excluding hydrogens is 393 g/mol. The van der Waals surface area contributed by atoms with Crippen LogP contribution in [0.3, 0.4) is 0 Å². The number of halogens is 3. The minimum atomic E-state index is -0.0528. The van der Waals surface area contributed by atoms with Gasteiger partial charge in [0.15, 0.2) is 5.78 Å². The summed E-state index contributed by atoms with van der Waals surface area (Å²) in [5.74, 6) is -0.0528. The SMILES string of the molecule is Nc1ccc(Br)cc1C(=O)Cc1ccc(Br)cc1Cl. The number of ketones is 1. The zero-order valence-corrected chi connectivity index (χ0v) is 13.7. The molecule has 2 nitrogen and oxygen atoms in total. The van der Waals surface area contributed by atoms with E-state index in [0.717, 1.165) is 14.5 Å². The Kier molecular flexibility index (Phi) is 4.66. The van der Waals surface area contributed by atoms with Gasteiger partial charge in [0, 0.05) is 31.6 Å². The molecule has 0 fully saturated rings. The maximum atomic E-state index is 12.3. The van der Waals surface area contributed by atoms with Crippen LogP contribution in [-0.2, 0) is 6.42 Å². The van der Waals surface area contributed by atoms with E-state index in [-0.39, 0.29) is 12.2 Å². The number of nitrogens with two attached hydrogens (primary N) is 1. The first kappa shape index (κ1) is 14.6. The Morgan fingerprint density at radius 3 is 2.42 bits per heavy atom. The first-order valence-corrected chi connectivity index (χ1v) is 7.46. The van der Waals surface area contributed by atoms with E-state index in [1.807, 2.05) is 12.1 Å². The van der Waals surface area contributed by atoms with Crippen LogP contribution in [0.2, 0.25) is 5.02 Å². The van der Waals surface area contributed by atoms with Gasteiger partial charge in [0.25, 0.3) is 0 Å². The average molecular weight is 404 g/mol. The van der Waals surface area contributed by atoms with Crippen LogP contribution in [0.5, 0.6) is 0 Å². The van der Waals surface area contributed by atoms with E-state index in [9.17, 15) is 4.79 Å². The first-order chi connectivity index (χ1) is 8.97. The third kappa shape index (κ3) is 3.59. The van der Waals surface area contributed by atoms with Gasteiger partial charge < -0.3 is 5.73 Å². The largest absolute Gasteiger partial charge is 0.398 e. The summed E-state index contributed by atoms with van der Waals surface area (Å²) in [4.78, 5) is 12.3. The molecule has 2 aromatic rings. The number of anilines is 1. The number of rotatable bonds is 3. The van der Waals surface area contributed by atoms with Crippen molar-refractivity contribution in [2.75, 3.05) is 5.73 Å².